The van der Waals surface area contributed by atoms with Gasteiger partial charge in [-0.05, 0) is 62.2 Å². The first-order valence-corrected chi connectivity index (χ1v) is 12.5. The van der Waals surface area contributed by atoms with Crippen LogP contribution < -0.4 is 11.1 Å². The van der Waals surface area contributed by atoms with E-state index in [9.17, 15) is 39.6 Å². The number of fused-ring (bicyclic) bond motifs is 3. The molecule has 0 fully saturated rings. The second-order valence-corrected chi connectivity index (χ2v) is 10.6. The van der Waals surface area contributed by atoms with Gasteiger partial charge in [-0.2, -0.15) is 0 Å². The van der Waals surface area contributed by atoms with Crippen molar-refractivity contribution in [3.05, 3.63) is 64.3 Å². The largest absolute Gasteiger partial charge is 0.510 e. The molecule has 0 bridgehead atoms. The maximum absolute atomic E-state index is 13.8. The summed E-state index contributed by atoms with van der Waals surface area (Å²) in [5.41, 5.74) is 3.16. The highest BCUT2D eigenvalue weighted by molar-refractivity contribution is 6.24. The van der Waals surface area contributed by atoms with Crippen LogP contribution in [-0.4, -0.2) is 79.4 Å². The maximum Gasteiger partial charge on any atom is 0.255 e. The zero-order chi connectivity index (χ0) is 29.3. The van der Waals surface area contributed by atoms with E-state index in [4.69, 9.17) is 5.73 Å². The number of phenols is 1. The van der Waals surface area contributed by atoms with Crippen LogP contribution in [0.15, 0.2) is 53.1 Å². The molecule has 4 atom stereocenters. The summed E-state index contributed by atoms with van der Waals surface area (Å²) in [5.74, 6) is -6.99. The molecular formula is C28H28N4O8. The predicted molar refractivity (Wildman–Crippen MR) is 141 cm³/mol. The Morgan fingerprint density at radius 3 is 2.40 bits per heavy atom. The van der Waals surface area contributed by atoms with E-state index in [1.54, 1.807) is 32.3 Å². The summed E-state index contributed by atoms with van der Waals surface area (Å²) in [7, 11) is 3.14. The number of carbonyl (C=O) groups excluding carboxylic acids is 4. The normalized spacial score (nSPS) is 25.9. The van der Waals surface area contributed by atoms with Gasteiger partial charge in [0, 0.05) is 30.2 Å². The Morgan fingerprint density at radius 2 is 1.82 bits per heavy atom. The zero-order valence-corrected chi connectivity index (χ0v) is 21.9. The molecule has 3 aliphatic rings. The van der Waals surface area contributed by atoms with E-state index < -0.39 is 58.0 Å². The van der Waals surface area contributed by atoms with Gasteiger partial charge in [-0.15, -0.1) is 0 Å². The smallest absolute Gasteiger partial charge is 0.255 e. The average Bonchev–Trinajstić information content (AvgIpc) is 2.86. The molecular weight excluding hydrogens is 520 g/mol. The Labute approximate surface area is 228 Å². The minimum Gasteiger partial charge on any atom is -0.510 e. The summed E-state index contributed by atoms with van der Waals surface area (Å²) in [6, 6.07) is 5.18. The van der Waals surface area contributed by atoms with Gasteiger partial charge in [-0.25, -0.2) is 4.98 Å². The third kappa shape index (κ3) is 3.79. The van der Waals surface area contributed by atoms with E-state index in [1.165, 1.54) is 24.1 Å². The summed E-state index contributed by atoms with van der Waals surface area (Å²) in [4.78, 5) is 56.4. The fraction of sp³-hybridized carbons (Fsp3) is 0.321. The molecule has 40 heavy (non-hydrogen) atoms. The second-order valence-electron chi connectivity index (χ2n) is 10.6. The van der Waals surface area contributed by atoms with Crippen molar-refractivity contribution in [2.45, 2.75) is 31.4 Å². The number of benzene rings is 1. The number of nitrogens with zero attached hydrogens (tertiary/aromatic N) is 2. The van der Waals surface area contributed by atoms with Gasteiger partial charge in [0.25, 0.3) is 5.91 Å². The average molecular weight is 549 g/mol. The number of pyridine rings is 1. The van der Waals surface area contributed by atoms with Crippen molar-refractivity contribution in [3.63, 3.8) is 0 Å². The minimum absolute atomic E-state index is 0.0133. The number of Topliss-reactive ketones (excluding diaryl/α,β-unsaturated/α-hetero) is 2. The van der Waals surface area contributed by atoms with Crippen LogP contribution in [0.1, 0.15) is 29.3 Å². The van der Waals surface area contributed by atoms with E-state index in [-0.39, 0.29) is 35.6 Å². The van der Waals surface area contributed by atoms with Crippen LogP contribution in [0.2, 0.25) is 0 Å². The SMILES string of the molecule is CC(=O)Nc1ccc(-c2ccc(O)c3c2C[C@H]2C[C@H]4[C@H](N(C)C)C(O)=C(C(N)=O)C(=O)[C@@]4(O)C(O)=C2C3=O)cn1. The maximum atomic E-state index is 13.8. The van der Waals surface area contributed by atoms with Crippen LogP contribution in [0.25, 0.3) is 11.1 Å². The number of nitrogens with one attached hydrogen (secondary N) is 1. The Balaban J connectivity index is 1.66. The second kappa shape index (κ2) is 9.28. The third-order valence-corrected chi connectivity index (χ3v) is 7.98. The first-order valence-electron chi connectivity index (χ1n) is 12.5. The number of allylic oxidation sites excluding steroid dienone is 1. The summed E-state index contributed by atoms with van der Waals surface area (Å²) >= 11 is 0. The molecule has 1 aromatic carbocycles. The van der Waals surface area contributed by atoms with Gasteiger partial charge in [-0.1, -0.05) is 6.07 Å². The number of aliphatic hydroxyl groups excluding tert-OH is 2. The Hall–Kier alpha value is -4.55. The molecule has 1 aromatic heterocycles. The van der Waals surface area contributed by atoms with E-state index in [1.807, 2.05) is 0 Å². The molecule has 1 heterocycles. The van der Waals surface area contributed by atoms with E-state index in [0.29, 0.717) is 22.5 Å². The first-order chi connectivity index (χ1) is 18.8. The van der Waals surface area contributed by atoms with Gasteiger partial charge in [0.05, 0.1) is 11.6 Å². The van der Waals surface area contributed by atoms with Crippen molar-refractivity contribution < 1.29 is 39.6 Å². The number of ketones is 2. The fourth-order valence-corrected chi connectivity index (χ4v) is 6.33. The lowest BCUT2D eigenvalue weighted by Gasteiger charge is -2.50. The number of rotatable bonds is 4. The third-order valence-electron chi connectivity index (χ3n) is 7.98. The lowest BCUT2D eigenvalue weighted by Crippen LogP contribution is -2.63. The molecule has 12 nitrogen and oxygen atoms in total. The molecule has 0 radical (unpaired) electrons. The number of amides is 2. The minimum atomic E-state index is -2.69. The summed E-state index contributed by atoms with van der Waals surface area (Å²) in [6.07, 6.45) is 1.65. The number of aromatic nitrogens is 1. The number of carbonyl (C=O) groups is 4. The number of phenolic OH excluding ortho intramolecular Hbond substituents is 1. The van der Waals surface area contributed by atoms with Crippen molar-refractivity contribution in [1.29, 1.82) is 0 Å². The molecule has 2 aromatic rings. The lowest BCUT2D eigenvalue weighted by molar-refractivity contribution is -0.148. The van der Waals surface area contributed by atoms with Gasteiger partial charge < -0.3 is 31.5 Å². The predicted octanol–water partition coefficient (Wildman–Crippen LogP) is 1.14. The molecule has 2 amide bonds. The highest BCUT2D eigenvalue weighted by Gasteiger charge is 2.63. The number of hydrogen-bond donors (Lipinski definition) is 6. The van der Waals surface area contributed by atoms with Crippen LogP contribution in [0.5, 0.6) is 5.75 Å². The highest BCUT2D eigenvalue weighted by Crippen LogP contribution is 2.53. The summed E-state index contributed by atoms with van der Waals surface area (Å²) in [6.45, 7) is 1.36. The number of primary amides is 1. The fourth-order valence-electron chi connectivity index (χ4n) is 6.33. The molecule has 5 rings (SSSR count). The molecule has 12 heteroatoms. The molecule has 7 N–H and O–H groups in total. The Kier molecular flexibility index (Phi) is 6.27. The van der Waals surface area contributed by atoms with Gasteiger partial charge in [-0.3, -0.25) is 24.1 Å². The van der Waals surface area contributed by atoms with Crippen molar-refractivity contribution in [2.24, 2.45) is 17.6 Å². The molecule has 0 unspecified atom stereocenters. The van der Waals surface area contributed by atoms with Crippen LogP contribution in [0.4, 0.5) is 5.82 Å². The van der Waals surface area contributed by atoms with Gasteiger partial charge >= 0.3 is 0 Å². The number of likely N-dealkylation sites (N-methyl/N-ethyl adjacent to an activating group) is 1. The quantitative estimate of drug-likeness (QED) is 0.301. The van der Waals surface area contributed by atoms with E-state index >= 15 is 0 Å². The number of aromatic hydroxyl groups is 1. The number of aliphatic hydroxyl groups is 3. The molecule has 0 saturated carbocycles. The van der Waals surface area contributed by atoms with Gasteiger partial charge in [0.2, 0.25) is 11.7 Å². The van der Waals surface area contributed by atoms with Gasteiger partial charge in [0.15, 0.2) is 11.4 Å². The van der Waals surface area contributed by atoms with Crippen molar-refractivity contribution >= 4 is 29.2 Å². The Bertz CT molecular complexity index is 1560. The summed E-state index contributed by atoms with van der Waals surface area (Å²) in [5, 5.41) is 47.2. The molecule has 208 valence electrons. The number of nitrogens with two attached hydrogens (primary N) is 1. The van der Waals surface area contributed by atoms with E-state index in [2.05, 4.69) is 10.3 Å². The van der Waals surface area contributed by atoms with Crippen LogP contribution in [0, 0.1) is 11.8 Å². The number of hydrogen-bond acceptors (Lipinski definition) is 10. The van der Waals surface area contributed by atoms with Crippen LogP contribution in [0.3, 0.4) is 0 Å². The van der Waals surface area contributed by atoms with Gasteiger partial charge in [0.1, 0.15) is 28.7 Å². The highest BCUT2D eigenvalue weighted by atomic mass is 16.3. The summed E-state index contributed by atoms with van der Waals surface area (Å²) < 4.78 is 0. The topological polar surface area (TPSA) is 203 Å². The van der Waals surface area contributed by atoms with Crippen LogP contribution >= 0.6 is 0 Å². The van der Waals surface area contributed by atoms with E-state index in [0.717, 1.165) is 0 Å². The molecule has 0 aliphatic heterocycles. The first kappa shape index (κ1) is 27.0. The molecule has 0 saturated heterocycles. The monoisotopic (exact) mass is 548 g/mol. The van der Waals surface area contributed by atoms with Crippen molar-refractivity contribution in [3.8, 4) is 16.9 Å². The number of anilines is 1. The zero-order valence-electron chi connectivity index (χ0n) is 21.9. The molecule has 0 spiro atoms. The van der Waals surface area contributed by atoms with Crippen molar-refractivity contribution in [1.82, 2.24) is 9.88 Å². The standard InChI is InChI=1S/C28H28N4O8/c1-11(33)31-18-7-4-12(10-30-18)14-5-6-17(34)20-15(14)8-13-9-16-22(32(2)3)24(36)21(27(29)39)26(38)28(16,40)25(37)19(13)23(20)35/h4-7,10,13,16,22,34,36-37,40H,8-9H2,1-3H3,(H2,29,39)(H,30,31,33)/t13-,16-,22-,28-/m0/s1. The molecule has 3 aliphatic carbocycles. The van der Waals surface area contributed by atoms with Crippen LogP contribution in [-0.2, 0) is 20.8 Å². The van der Waals surface area contributed by atoms with Crippen molar-refractivity contribution in [2.75, 3.05) is 19.4 Å². The Morgan fingerprint density at radius 1 is 1.12 bits per heavy atom. The lowest BCUT2D eigenvalue weighted by atomic mass is 9.58.